The Kier molecular flexibility index (Phi) is 4.68. The highest BCUT2D eigenvalue weighted by atomic mass is 35.5. The summed E-state index contributed by atoms with van der Waals surface area (Å²) in [6.45, 7) is 0.835. The Hall–Kier alpha value is -1.61. The number of halogens is 1. The molecule has 1 fully saturated rings. The van der Waals surface area contributed by atoms with E-state index in [0.29, 0.717) is 29.1 Å². The summed E-state index contributed by atoms with van der Waals surface area (Å²) in [7, 11) is -3.03. The van der Waals surface area contributed by atoms with Crippen molar-refractivity contribution in [1.29, 1.82) is 0 Å². The van der Waals surface area contributed by atoms with Crippen LogP contribution in [0.3, 0.4) is 0 Å². The van der Waals surface area contributed by atoms with E-state index in [1.54, 1.807) is 29.5 Å². The van der Waals surface area contributed by atoms with Gasteiger partial charge in [-0.25, -0.2) is 13.2 Å². The molecule has 1 aliphatic rings. The van der Waals surface area contributed by atoms with Gasteiger partial charge in [0, 0.05) is 22.5 Å². The van der Waals surface area contributed by atoms with Crippen molar-refractivity contribution >= 4 is 43.9 Å². The molecule has 1 unspecified atom stereocenters. The first-order valence-corrected chi connectivity index (χ1v) is 11.2. The first kappa shape index (κ1) is 17.8. The first-order valence-electron chi connectivity index (χ1n) is 8.17. The minimum absolute atomic E-state index is 0.115. The fourth-order valence-corrected chi connectivity index (χ4v) is 5.97. The summed E-state index contributed by atoms with van der Waals surface area (Å²) in [5.74, 6) is -0.172. The molecule has 1 saturated heterocycles. The van der Waals surface area contributed by atoms with E-state index < -0.39 is 15.6 Å². The number of fused-ring (bicyclic) bond motifs is 1. The van der Waals surface area contributed by atoms with E-state index in [1.165, 1.54) is 4.57 Å². The van der Waals surface area contributed by atoms with Crippen LogP contribution in [0.2, 0.25) is 5.02 Å². The third-order valence-corrected chi connectivity index (χ3v) is 7.46. The zero-order chi connectivity index (χ0) is 18.3. The van der Waals surface area contributed by atoms with Crippen molar-refractivity contribution in [2.75, 3.05) is 11.5 Å². The average Bonchev–Trinajstić information content (AvgIpc) is 3.28. The smallest absolute Gasteiger partial charge is 0.408 e. The standard InChI is InChI=1S/C17H17ClN2O4S2/c18-12-3-4-16-15(8-12)20(17(21)24-16)11-19(9-14-2-1-6-25-14)13-5-7-26(22,23)10-13/h1-4,6,8,13H,5,7,9-11H2. The van der Waals surface area contributed by atoms with Crippen molar-refractivity contribution in [3.05, 3.63) is 56.2 Å². The van der Waals surface area contributed by atoms with Gasteiger partial charge in [0.1, 0.15) is 0 Å². The number of aromatic nitrogens is 1. The van der Waals surface area contributed by atoms with Crippen LogP contribution < -0.4 is 5.76 Å². The Balaban J connectivity index is 1.70. The molecule has 6 nitrogen and oxygen atoms in total. The number of oxazole rings is 1. The summed E-state index contributed by atoms with van der Waals surface area (Å²) < 4.78 is 30.7. The largest absolute Gasteiger partial charge is 0.421 e. The minimum atomic E-state index is -3.03. The fraction of sp³-hybridized carbons (Fsp3) is 0.353. The topological polar surface area (TPSA) is 72.5 Å². The van der Waals surface area contributed by atoms with E-state index in [4.69, 9.17) is 16.0 Å². The van der Waals surface area contributed by atoms with Gasteiger partial charge in [-0.15, -0.1) is 11.3 Å². The van der Waals surface area contributed by atoms with Gasteiger partial charge < -0.3 is 4.42 Å². The summed E-state index contributed by atoms with van der Waals surface area (Å²) in [4.78, 5) is 15.5. The molecule has 1 aromatic carbocycles. The van der Waals surface area contributed by atoms with Crippen LogP contribution in [0.4, 0.5) is 0 Å². The molecule has 0 saturated carbocycles. The second-order valence-electron chi connectivity index (χ2n) is 6.43. The molecule has 3 heterocycles. The van der Waals surface area contributed by atoms with Gasteiger partial charge in [-0.05, 0) is 36.1 Å². The van der Waals surface area contributed by atoms with Gasteiger partial charge in [0.25, 0.3) is 0 Å². The second kappa shape index (κ2) is 6.84. The average molecular weight is 413 g/mol. The highest BCUT2D eigenvalue weighted by Gasteiger charge is 2.33. The lowest BCUT2D eigenvalue weighted by Crippen LogP contribution is -2.39. The molecule has 1 atom stereocenters. The van der Waals surface area contributed by atoms with Crippen molar-refractivity contribution in [3.8, 4) is 0 Å². The summed E-state index contributed by atoms with van der Waals surface area (Å²) in [5, 5.41) is 2.50. The lowest BCUT2D eigenvalue weighted by molar-refractivity contribution is 0.154. The van der Waals surface area contributed by atoms with Crippen molar-refractivity contribution in [3.63, 3.8) is 0 Å². The van der Waals surface area contributed by atoms with E-state index in [9.17, 15) is 13.2 Å². The summed E-state index contributed by atoms with van der Waals surface area (Å²) in [5.41, 5.74) is 1.08. The molecule has 0 bridgehead atoms. The number of rotatable bonds is 5. The Morgan fingerprint density at radius 1 is 1.35 bits per heavy atom. The number of sulfone groups is 1. The van der Waals surface area contributed by atoms with Crippen LogP contribution in [0.15, 0.2) is 44.9 Å². The van der Waals surface area contributed by atoms with Crippen LogP contribution in [0.1, 0.15) is 11.3 Å². The summed E-state index contributed by atoms with van der Waals surface area (Å²) in [6, 6.07) is 8.87. The van der Waals surface area contributed by atoms with Crippen LogP contribution in [0.25, 0.3) is 11.1 Å². The van der Waals surface area contributed by atoms with Gasteiger partial charge in [-0.1, -0.05) is 17.7 Å². The van der Waals surface area contributed by atoms with E-state index in [2.05, 4.69) is 0 Å². The molecule has 138 valence electrons. The molecule has 1 aliphatic heterocycles. The first-order chi connectivity index (χ1) is 12.4. The molecule has 2 aromatic heterocycles. The van der Waals surface area contributed by atoms with Crippen LogP contribution >= 0.6 is 22.9 Å². The monoisotopic (exact) mass is 412 g/mol. The highest BCUT2D eigenvalue weighted by Crippen LogP contribution is 2.24. The lowest BCUT2D eigenvalue weighted by atomic mass is 10.2. The van der Waals surface area contributed by atoms with Crippen molar-refractivity contribution in [2.24, 2.45) is 0 Å². The zero-order valence-electron chi connectivity index (χ0n) is 13.8. The molecule has 26 heavy (non-hydrogen) atoms. The minimum Gasteiger partial charge on any atom is -0.408 e. The summed E-state index contributed by atoms with van der Waals surface area (Å²) >= 11 is 7.68. The number of hydrogen-bond acceptors (Lipinski definition) is 6. The molecule has 4 rings (SSSR count). The predicted molar refractivity (Wildman–Crippen MR) is 102 cm³/mol. The Morgan fingerprint density at radius 2 is 2.19 bits per heavy atom. The van der Waals surface area contributed by atoms with E-state index >= 15 is 0 Å². The van der Waals surface area contributed by atoms with Crippen LogP contribution in [0.5, 0.6) is 0 Å². The molecule has 0 N–H and O–H groups in total. The van der Waals surface area contributed by atoms with Gasteiger partial charge in [0.05, 0.1) is 23.7 Å². The third kappa shape index (κ3) is 3.59. The number of thiophene rings is 1. The van der Waals surface area contributed by atoms with Crippen molar-refractivity contribution in [1.82, 2.24) is 9.47 Å². The van der Waals surface area contributed by atoms with Gasteiger partial charge in [-0.3, -0.25) is 9.47 Å². The molecule has 0 spiro atoms. The molecule has 0 radical (unpaired) electrons. The maximum absolute atomic E-state index is 12.3. The molecule has 0 amide bonds. The Morgan fingerprint density at radius 3 is 2.88 bits per heavy atom. The normalized spacial score (nSPS) is 19.5. The van der Waals surface area contributed by atoms with Crippen molar-refractivity contribution in [2.45, 2.75) is 25.7 Å². The maximum Gasteiger partial charge on any atom is 0.421 e. The molecule has 0 aliphatic carbocycles. The quantitative estimate of drug-likeness (QED) is 0.644. The maximum atomic E-state index is 12.3. The number of nitrogens with zero attached hydrogens (tertiary/aromatic N) is 2. The predicted octanol–water partition coefficient (Wildman–Crippen LogP) is 2.96. The van der Waals surface area contributed by atoms with Gasteiger partial charge in [0.2, 0.25) is 0 Å². The number of hydrogen-bond donors (Lipinski definition) is 0. The molecule has 9 heteroatoms. The number of benzene rings is 1. The van der Waals surface area contributed by atoms with Crippen LogP contribution in [-0.2, 0) is 23.1 Å². The zero-order valence-corrected chi connectivity index (χ0v) is 16.2. The molecular weight excluding hydrogens is 396 g/mol. The van der Waals surface area contributed by atoms with Gasteiger partial charge >= 0.3 is 5.76 Å². The molecule has 3 aromatic rings. The van der Waals surface area contributed by atoms with Gasteiger partial charge in [-0.2, -0.15) is 0 Å². The second-order valence-corrected chi connectivity index (χ2v) is 10.1. The molecular formula is C17H17ClN2O4S2. The summed E-state index contributed by atoms with van der Waals surface area (Å²) in [6.07, 6.45) is 0.568. The third-order valence-electron chi connectivity index (χ3n) is 4.62. The fourth-order valence-electron chi connectivity index (χ4n) is 3.31. The van der Waals surface area contributed by atoms with Gasteiger partial charge in [0.15, 0.2) is 15.4 Å². The van der Waals surface area contributed by atoms with Crippen LogP contribution in [-0.4, -0.2) is 35.4 Å². The lowest BCUT2D eigenvalue weighted by Gasteiger charge is -2.27. The van der Waals surface area contributed by atoms with E-state index in [1.807, 2.05) is 22.4 Å². The Labute approximate surface area is 159 Å². The Bertz CT molecular complexity index is 1090. The SMILES string of the molecule is O=c1oc2ccc(Cl)cc2n1CN(Cc1cccs1)C1CCS(=O)(=O)C1. The highest BCUT2D eigenvalue weighted by molar-refractivity contribution is 7.91. The van der Waals surface area contributed by atoms with Crippen LogP contribution in [0, 0.1) is 0 Å². The van der Waals surface area contributed by atoms with E-state index in [-0.39, 0.29) is 24.2 Å². The van der Waals surface area contributed by atoms with Crippen molar-refractivity contribution < 1.29 is 12.8 Å². The van der Waals surface area contributed by atoms with E-state index in [0.717, 1.165) is 4.88 Å².